The maximum atomic E-state index is 2.93. The van der Waals surface area contributed by atoms with Gasteiger partial charge in [-0.25, -0.2) is 0 Å². The third-order valence-electron chi connectivity index (χ3n) is 21.6. The van der Waals surface area contributed by atoms with Crippen molar-refractivity contribution in [3.8, 4) is 0 Å². The van der Waals surface area contributed by atoms with Crippen molar-refractivity contribution in [1.82, 2.24) is 4.90 Å². The van der Waals surface area contributed by atoms with E-state index < -0.39 is 0 Å². The van der Waals surface area contributed by atoms with Crippen LogP contribution in [0.25, 0.3) is 0 Å². The number of rotatable bonds is 1. The summed E-state index contributed by atoms with van der Waals surface area (Å²) in [6, 6.07) is 11.1. The predicted octanol–water partition coefficient (Wildman–Crippen LogP) is 8.85. The smallest absolute Gasteiger partial charge is 0.0382 e. The highest BCUT2D eigenvalue weighted by Gasteiger charge is 2.80. The first-order valence-corrected chi connectivity index (χ1v) is 21.9. The summed E-state index contributed by atoms with van der Waals surface area (Å²) in [7, 11) is 2.54. The molecule has 1 aromatic rings. The molecule has 24 unspecified atom stereocenters. The van der Waals surface area contributed by atoms with Crippen molar-refractivity contribution in [3.63, 3.8) is 0 Å². The molecular formula is C51H45N. The number of hydrogen-bond donors (Lipinski definition) is 0. The molecule has 0 spiro atoms. The van der Waals surface area contributed by atoms with Gasteiger partial charge in [0.05, 0.1) is 0 Å². The van der Waals surface area contributed by atoms with Gasteiger partial charge < -0.3 is 0 Å². The molecule has 0 aromatic heterocycles. The second-order valence-electron chi connectivity index (χ2n) is 21.6. The van der Waals surface area contributed by atoms with Crippen molar-refractivity contribution in [1.29, 1.82) is 0 Å². The van der Waals surface area contributed by atoms with Crippen LogP contribution in [-0.4, -0.2) is 18.0 Å². The molecule has 254 valence electrons. The second-order valence-corrected chi connectivity index (χ2v) is 21.6. The van der Waals surface area contributed by atoms with E-state index in [1.54, 1.807) is 5.56 Å². The molecule has 0 N–H and O–H groups in total. The molecule has 24 atom stereocenters. The van der Waals surface area contributed by atoms with Crippen LogP contribution in [0.15, 0.2) is 129 Å². The zero-order valence-corrected chi connectivity index (χ0v) is 30.2. The number of allylic oxidation sites excluding steroid dienone is 18. The summed E-state index contributed by atoms with van der Waals surface area (Å²) in [5.74, 6) is 16.6. The van der Waals surface area contributed by atoms with Crippen LogP contribution in [0.5, 0.6) is 0 Å². The molecule has 0 radical (unpaired) electrons. The van der Waals surface area contributed by atoms with Crippen molar-refractivity contribution in [3.05, 3.63) is 140 Å². The van der Waals surface area contributed by atoms with Crippen molar-refractivity contribution >= 4 is 0 Å². The Labute approximate surface area is 306 Å². The summed E-state index contributed by atoms with van der Waals surface area (Å²) >= 11 is 0. The van der Waals surface area contributed by atoms with Crippen molar-refractivity contribution in [2.45, 2.75) is 25.9 Å². The fraction of sp³-hybridized carbons (Fsp3) is 0.529. The van der Waals surface area contributed by atoms with Crippen LogP contribution >= 0.6 is 0 Å². The van der Waals surface area contributed by atoms with E-state index in [0.29, 0.717) is 18.0 Å². The fourth-order valence-corrected chi connectivity index (χ4v) is 21.2. The Hall–Kier alpha value is -3.16. The van der Waals surface area contributed by atoms with Crippen molar-refractivity contribution in [2.24, 2.45) is 130 Å². The minimum absolute atomic E-state index is 0.528. The van der Waals surface area contributed by atoms with Crippen LogP contribution in [0.1, 0.15) is 24.1 Å². The molecule has 1 heterocycles. The van der Waals surface area contributed by atoms with Crippen LogP contribution in [0, 0.1) is 137 Å². The normalized spacial score (nSPS) is 61.8. The van der Waals surface area contributed by atoms with E-state index in [0.717, 1.165) is 124 Å². The van der Waals surface area contributed by atoms with E-state index in [1.807, 2.05) is 44.6 Å². The third-order valence-corrected chi connectivity index (χ3v) is 21.6. The lowest BCUT2D eigenvalue weighted by Crippen LogP contribution is -2.48. The molecule has 18 rings (SSSR count). The van der Waals surface area contributed by atoms with E-state index >= 15 is 0 Å². The van der Waals surface area contributed by atoms with Gasteiger partial charge in [-0.05, 0) is 185 Å². The van der Waals surface area contributed by atoms with E-state index in [2.05, 4.69) is 110 Å². The summed E-state index contributed by atoms with van der Waals surface area (Å²) in [4.78, 5) is 2.92. The molecule has 1 heteroatoms. The quantitative estimate of drug-likeness (QED) is 0.270. The van der Waals surface area contributed by atoms with Gasteiger partial charge >= 0.3 is 0 Å². The van der Waals surface area contributed by atoms with E-state index in [9.17, 15) is 0 Å². The van der Waals surface area contributed by atoms with Crippen LogP contribution in [0.4, 0.5) is 0 Å². The van der Waals surface area contributed by atoms with Crippen LogP contribution < -0.4 is 0 Å². The molecule has 8 fully saturated rings. The fourth-order valence-electron chi connectivity index (χ4n) is 21.2. The van der Waals surface area contributed by atoms with Gasteiger partial charge in [0, 0.05) is 12.1 Å². The number of fused-ring (bicyclic) bond motifs is 8. The van der Waals surface area contributed by atoms with Crippen molar-refractivity contribution in [2.75, 3.05) is 7.05 Å². The molecule has 1 aliphatic heterocycles. The van der Waals surface area contributed by atoms with E-state index in [1.165, 1.54) is 5.56 Å². The monoisotopic (exact) mass is 671 g/mol. The van der Waals surface area contributed by atoms with Crippen molar-refractivity contribution < 1.29 is 0 Å². The SMILES string of the molecule is Cc1ccc(C2C3C4C5C=CC6C7C=CC8C9C=CC%10C%11C=CC%12C%13C%14=C%15C%16=C(C%10C9C9=C%16C%10=C(C7C98)C6C5C(=C%10%15)C4C%14C%12C3C(C)N2C)C%11%13)cc1. The number of benzene rings is 1. The minimum Gasteiger partial charge on any atom is -0.296 e. The lowest BCUT2D eigenvalue weighted by atomic mass is 9.52. The highest BCUT2D eigenvalue weighted by Crippen LogP contribution is 2.87. The zero-order chi connectivity index (χ0) is 32.8. The Bertz CT molecular complexity index is 2460. The van der Waals surface area contributed by atoms with Crippen LogP contribution in [0.2, 0.25) is 0 Å². The lowest BCUT2D eigenvalue weighted by Gasteiger charge is -2.51. The Kier molecular flexibility index (Phi) is 3.62. The lowest BCUT2D eigenvalue weighted by molar-refractivity contribution is 0.00938. The molecule has 0 bridgehead atoms. The molecule has 7 saturated carbocycles. The minimum atomic E-state index is 0.528. The number of likely N-dealkylation sites (tertiary alicyclic amines) is 1. The molecule has 17 aliphatic rings. The average Bonchev–Trinajstić information content (AvgIpc) is 4.01. The van der Waals surface area contributed by atoms with Crippen LogP contribution in [-0.2, 0) is 0 Å². The maximum absolute atomic E-state index is 2.93. The molecule has 16 aliphatic carbocycles. The second kappa shape index (κ2) is 7.31. The molecular weight excluding hydrogens is 627 g/mol. The molecule has 52 heavy (non-hydrogen) atoms. The molecule has 1 aromatic carbocycles. The van der Waals surface area contributed by atoms with Gasteiger partial charge in [-0.1, -0.05) is 106 Å². The highest BCUT2D eigenvalue weighted by molar-refractivity contribution is 5.91. The Morgan fingerprint density at radius 1 is 0.385 bits per heavy atom. The number of hydrogen-bond acceptors (Lipinski definition) is 1. The van der Waals surface area contributed by atoms with E-state index in [4.69, 9.17) is 0 Å². The third kappa shape index (κ3) is 2.06. The van der Waals surface area contributed by atoms with Gasteiger partial charge in [0.1, 0.15) is 0 Å². The number of nitrogens with zero attached hydrogens (tertiary/aromatic N) is 1. The Morgan fingerprint density at radius 2 is 0.712 bits per heavy atom. The Balaban J connectivity index is 1.02. The largest absolute Gasteiger partial charge is 0.296 e. The summed E-state index contributed by atoms with van der Waals surface area (Å²) in [6.07, 6.45) is 23.0. The predicted molar refractivity (Wildman–Crippen MR) is 200 cm³/mol. The molecule has 1 saturated heterocycles. The Morgan fingerprint density at radius 3 is 1.12 bits per heavy atom. The topological polar surface area (TPSA) is 3.24 Å². The van der Waals surface area contributed by atoms with Gasteiger partial charge in [-0.3, -0.25) is 4.90 Å². The summed E-state index contributed by atoms with van der Waals surface area (Å²) < 4.78 is 0. The first-order valence-electron chi connectivity index (χ1n) is 21.9. The van der Waals surface area contributed by atoms with Gasteiger partial charge in [0.15, 0.2) is 0 Å². The van der Waals surface area contributed by atoms with Gasteiger partial charge in [0.25, 0.3) is 0 Å². The maximum Gasteiger partial charge on any atom is 0.0382 e. The van der Waals surface area contributed by atoms with Crippen LogP contribution in [0.3, 0.4) is 0 Å². The number of aryl methyl sites for hydroxylation is 1. The molecule has 1 nitrogen and oxygen atoms in total. The zero-order valence-electron chi connectivity index (χ0n) is 30.2. The highest BCUT2D eigenvalue weighted by atomic mass is 15.2. The first-order chi connectivity index (χ1) is 25.6. The summed E-state index contributed by atoms with van der Waals surface area (Å²) in [5, 5.41) is 0. The van der Waals surface area contributed by atoms with E-state index in [-0.39, 0.29) is 0 Å². The average molecular weight is 672 g/mol. The van der Waals surface area contributed by atoms with Gasteiger partial charge in [0.2, 0.25) is 0 Å². The van der Waals surface area contributed by atoms with Gasteiger partial charge in [-0.2, -0.15) is 0 Å². The standard InChI is InChI=1S/C51H45N/c1-16-4-6-18(7-5-16)51-50-27(17(2)52(51)3)34-25-14-12-23-21-10-8-19-20-9-11-22-24-13-15-26-36-33(24)40-31(22)29(20)38-28(19)30(21)39-32(23)35(25)42-41(34)44(37(26)50)43(36)49-47(40)45(38)46(39)48(42)49/h4-15,17,19-37,41,44,50-51H,1-3H3. The van der Waals surface area contributed by atoms with Gasteiger partial charge in [-0.15, -0.1) is 0 Å². The molecule has 0 amide bonds. The first kappa shape index (κ1) is 25.8. The summed E-state index contributed by atoms with van der Waals surface area (Å²) in [5.41, 5.74) is 23.0. The summed E-state index contributed by atoms with van der Waals surface area (Å²) in [6.45, 7) is 4.96.